The maximum atomic E-state index is 8.64. The van der Waals surface area contributed by atoms with Crippen LogP contribution >= 0.6 is 0 Å². The standard InChI is InChI=1S/C15H15N3O2/c1-19-14-4-6-15(7-5-14)20-9-8-17-13-3-2-12(10-16)18-11-13/h2-7,11,17H,8-9H2,1H3. The molecule has 2 aromatic rings. The van der Waals surface area contributed by atoms with Gasteiger partial charge < -0.3 is 14.8 Å². The molecule has 102 valence electrons. The fourth-order valence-electron chi connectivity index (χ4n) is 1.60. The van der Waals surface area contributed by atoms with Crippen molar-refractivity contribution in [2.75, 3.05) is 25.6 Å². The number of hydrogen-bond donors (Lipinski definition) is 1. The normalized spacial score (nSPS) is 9.60. The molecule has 0 atom stereocenters. The van der Waals surface area contributed by atoms with Gasteiger partial charge in [-0.3, -0.25) is 0 Å². The smallest absolute Gasteiger partial charge is 0.140 e. The van der Waals surface area contributed by atoms with Crippen molar-refractivity contribution in [2.45, 2.75) is 0 Å². The lowest BCUT2D eigenvalue weighted by atomic mass is 10.3. The van der Waals surface area contributed by atoms with Crippen molar-refractivity contribution >= 4 is 5.69 Å². The van der Waals surface area contributed by atoms with Gasteiger partial charge in [-0.1, -0.05) is 0 Å². The highest BCUT2D eigenvalue weighted by atomic mass is 16.5. The second-order valence-corrected chi connectivity index (χ2v) is 3.99. The number of benzene rings is 1. The van der Waals surface area contributed by atoms with Crippen LogP contribution in [0.1, 0.15) is 5.69 Å². The summed E-state index contributed by atoms with van der Waals surface area (Å²) in [6.45, 7) is 1.19. The van der Waals surface area contributed by atoms with Crippen molar-refractivity contribution in [2.24, 2.45) is 0 Å². The highest BCUT2D eigenvalue weighted by molar-refractivity contribution is 5.42. The van der Waals surface area contributed by atoms with E-state index in [4.69, 9.17) is 14.7 Å². The van der Waals surface area contributed by atoms with E-state index in [2.05, 4.69) is 10.3 Å². The minimum Gasteiger partial charge on any atom is -0.497 e. The Labute approximate surface area is 117 Å². The number of nitrogens with one attached hydrogen (secondary N) is 1. The van der Waals surface area contributed by atoms with Crippen LogP contribution in [0.4, 0.5) is 5.69 Å². The first-order chi connectivity index (χ1) is 9.81. The third kappa shape index (κ3) is 3.89. The number of ether oxygens (including phenoxy) is 2. The van der Waals surface area contributed by atoms with Gasteiger partial charge in [0.05, 0.1) is 19.0 Å². The SMILES string of the molecule is COc1ccc(OCCNc2ccc(C#N)nc2)cc1. The van der Waals surface area contributed by atoms with Gasteiger partial charge in [0.25, 0.3) is 0 Å². The highest BCUT2D eigenvalue weighted by Gasteiger charge is 1.96. The number of aromatic nitrogens is 1. The van der Waals surface area contributed by atoms with Crippen molar-refractivity contribution in [3.63, 3.8) is 0 Å². The Bertz CT molecular complexity index is 574. The molecule has 1 heterocycles. The van der Waals surface area contributed by atoms with Crippen molar-refractivity contribution in [3.05, 3.63) is 48.3 Å². The van der Waals surface area contributed by atoms with Crippen molar-refractivity contribution in [1.82, 2.24) is 4.98 Å². The molecule has 0 fully saturated rings. The number of nitrogens with zero attached hydrogens (tertiary/aromatic N) is 2. The first kappa shape index (κ1) is 13.7. The highest BCUT2D eigenvalue weighted by Crippen LogP contribution is 2.16. The molecule has 2 rings (SSSR count). The van der Waals surface area contributed by atoms with Crippen LogP contribution in [0.5, 0.6) is 11.5 Å². The summed E-state index contributed by atoms with van der Waals surface area (Å²) in [4.78, 5) is 3.97. The lowest BCUT2D eigenvalue weighted by molar-refractivity contribution is 0.332. The van der Waals surface area contributed by atoms with Gasteiger partial charge in [-0.15, -0.1) is 0 Å². The molecule has 1 aromatic heterocycles. The second-order valence-electron chi connectivity index (χ2n) is 3.99. The molecule has 0 radical (unpaired) electrons. The van der Waals surface area contributed by atoms with Crippen molar-refractivity contribution in [1.29, 1.82) is 5.26 Å². The first-order valence-electron chi connectivity index (χ1n) is 6.18. The summed E-state index contributed by atoms with van der Waals surface area (Å²) in [6, 6.07) is 12.9. The summed E-state index contributed by atoms with van der Waals surface area (Å²) < 4.78 is 10.7. The van der Waals surface area contributed by atoms with Gasteiger partial charge in [0.1, 0.15) is 29.9 Å². The molecule has 0 unspecified atom stereocenters. The average Bonchev–Trinajstić information content (AvgIpc) is 2.53. The van der Waals surface area contributed by atoms with E-state index in [1.54, 1.807) is 19.4 Å². The summed E-state index contributed by atoms with van der Waals surface area (Å²) in [5, 5.41) is 11.8. The fraction of sp³-hybridized carbons (Fsp3) is 0.200. The molecular formula is C15H15N3O2. The van der Waals surface area contributed by atoms with Crippen LogP contribution in [-0.4, -0.2) is 25.2 Å². The molecule has 0 aliphatic heterocycles. The van der Waals surface area contributed by atoms with E-state index in [9.17, 15) is 0 Å². The van der Waals surface area contributed by atoms with Gasteiger partial charge in [0.15, 0.2) is 0 Å². The van der Waals surface area contributed by atoms with E-state index in [1.807, 2.05) is 36.4 Å². The molecule has 1 aromatic carbocycles. The number of nitriles is 1. The zero-order valence-electron chi connectivity index (χ0n) is 11.2. The lowest BCUT2D eigenvalue weighted by Gasteiger charge is -2.08. The maximum Gasteiger partial charge on any atom is 0.140 e. The van der Waals surface area contributed by atoms with Crippen LogP contribution in [0, 0.1) is 11.3 Å². The minimum absolute atomic E-state index is 0.407. The Morgan fingerprint density at radius 1 is 1.15 bits per heavy atom. The Kier molecular flexibility index (Phi) is 4.79. The molecule has 20 heavy (non-hydrogen) atoms. The molecule has 0 aliphatic carbocycles. The van der Waals surface area contributed by atoms with Crippen LogP contribution in [-0.2, 0) is 0 Å². The van der Waals surface area contributed by atoms with E-state index in [-0.39, 0.29) is 0 Å². The Morgan fingerprint density at radius 2 is 1.90 bits per heavy atom. The summed E-state index contributed by atoms with van der Waals surface area (Å²) in [5.41, 5.74) is 1.27. The molecule has 1 N–H and O–H groups in total. The first-order valence-corrected chi connectivity index (χ1v) is 6.18. The van der Waals surface area contributed by atoms with E-state index < -0.39 is 0 Å². The number of anilines is 1. The van der Waals surface area contributed by atoms with Crippen molar-refractivity contribution < 1.29 is 9.47 Å². The van der Waals surface area contributed by atoms with Crippen LogP contribution < -0.4 is 14.8 Å². The molecule has 0 amide bonds. The van der Waals surface area contributed by atoms with Gasteiger partial charge in [-0.05, 0) is 36.4 Å². The van der Waals surface area contributed by atoms with Crippen LogP contribution in [0.2, 0.25) is 0 Å². The van der Waals surface area contributed by atoms with Crippen molar-refractivity contribution in [3.8, 4) is 17.6 Å². The predicted molar refractivity (Wildman–Crippen MR) is 75.9 cm³/mol. The van der Waals surface area contributed by atoms with Gasteiger partial charge in [-0.2, -0.15) is 5.26 Å². The molecule has 0 saturated heterocycles. The van der Waals surface area contributed by atoms with Gasteiger partial charge in [-0.25, -0.2) is 4.98 Å². The lowest BCUT2D eigenvalue weighted by Crippen LogP contribution is -2.11. The largest absolute Gasteiger partial charge is 0.497 e. The minimum atomic E-state index is 0.407. The topological polar surface area (TPSA) is 67.2 Å². The summed E-state index contributed by atoms with van der Waals surface area (Å²) in [7, 11) is 1.63. The number of pyridine rings is 1. The zero-order chi connectivity index (χ0) is 14.2. The van der Waals surface area contributed by atoms with Crippen LogP contribution in [0.3, 0.4) is 0 Å². The van der Waals surface area contributed by atoms with E-state index in [0.29, 0.717) is 18.8 Å². The molecule has 0 aliphatic rings. The molecular weight excluding hydrogens is 254 g/mol. The fourth-order valence-corrected chi connectivity index (χ4v) is 1.60. The molecule has 0 spiro atoms. The van der Waals surface area contributed by atoms with E-state index >= 15 is 0 Å². The monoisotopic (exact) mass is 269 g/mol. The quantitative estimate of drug-likeness (QED) is 0.816. The summed E-state index contributed by atoms with van der Waals surface area (Å²) in [5.74, 6) is 1.60. The van der Waals surface area contributed by atoms with Gasteiger partial charge >= 0.3 is 0 Å². The molecule has 0 saturated carbocycles. The summed E-state index contributed by atoms with van der Waals surface area (Å²) >= 11 is 0. The Hall–Kier alpha value is -2.74. The third-order valence-corrected chi connectivity index (χ3v) is 2.64. The third-order valence-electron chi connectivity index (χ3n) is 2.64. The van der Waals surface area contributed by atoms with Gasteiger partial charge in [0, 0.05) is 6.54 Å². The van der Waals surface area contributed by atoms with Gasteiger partial charge in [0.2, 0.25) is 0 Å². The number of hydrogen-bond acceptors (Lipinski definition) is 5. The van der Waals surface area contributed by atoms with Crippen LogP contribution in [0.25, 0.3) is 0 Å². The maximum absolute atomic E-state index is 8.64. The van der Waals surface area contributed by atoms with Crippen LogP contribution in [0.15, 0.2) is 42.6 Å². The molecule has 5 nitrogen and oxygen atoms in total. The Morgan fingerprint density at radius 3 is 2.50 bits per heavy atom. The molecule has 0 bridgehead atoms. The second kappa shape index (κ2) is 7.00. The predicted octanol–water partition coefficient (Wildman–Crippen LogP) is 2.45. The van der Waals surface area contributed by atoms with E-state index in [1.165, 1.54) is 0 Å². The zero-order valence-corrected chi connectivity index (χ0v) is 11.2. The average molecular weight is 269 g/mol. The number of rotatable bonds is 6. The summed E-state index contributed by atoms with van der Waals surface area (Å²) in [6.07, 6.45) is 1.63. The number of methoxy groups -OCH3 is 1. The molecule has 5 heteroatoms. The Balaban J connectivity index is 1.74. The van der Waals surface area contributed by atoms with E-state index in [0.717, 1.165) is 17.2 Å².